The van der Waals surface area contributed by atoms with Crippen molar-refractivity contribution >= 4 is 11.5 Å². The summed E-state index contributed by atoms with van der Waals surface area (Å²) in [5.74, 6) is 1.96. The van der Waals surface area contributed by atoms with Gasteiger partial charge in [-0.15, -0.1) is 0 Å². The fourth-order valence-electron chi connectivity index (χ4n) is 1.81. The van der Waals surface area contributed by atoms with Crippen LogP contribution >= 0.6 is 0 Å². The van der Waals surface area contributed by atoms with E-state index in [9.17, 15) is 4.79 Å². The minimum absolute atomic E-state index is 0.0837. The molecule has 2 aromatic rings. The molecule has 0 radical (unpaired) electrons. The van der Waals surface area contributed by atoms with Gasteiger partial charge < -0.3 is 15.2 Å². The van der Waals surface area contributed by atoms with E-state index in [1.54, 1.807) is 18.2 Å². The Morgan fingerprint density at radius 2 is 1.65 bits per heavy atom. The molecule has 0 aliphatic rings. The molecule has 0 atom stereocenters. The van der Waals surface area contributed by atoms with E-state index in [0.717, 1.165) is 5.75 Å². The fraction of sp³-hybridized carbons (Fsp3) is 0.188. The van der Waals surface area contributed by atoms with E-state index in [-0.39, 0.29) is 5.78 Å². The second kappa shape index (κ2) is 6.10. The molecule has 2 aromatic carbocycles. The molecule has 2 N–H and O–H groups in total. The standard InChI is InChI=1S/C16H17NO3/c1-3-19-12-4-6-13(7-5-12)20-14-8-9-16(17)15(10-14)11(2)18/h4-10H,3,17H2,1-2H3. The number of hydrogen-bond donors (Lipinski definition) is 1. The summed E-state index contributed by atoms with van der Waals surface area (Å²) in [5, 5.41) is 0. The molecule has 0 amide bonds. The number of rotatable bonds is 5. The summed E-state index contributed by atoms with van der Waals surface area (Å²) < 4.78 is 11.1. The number of hydrogen-bond acceptors (Lipinski definition) is 4. The third-order valence-corrected chi connectivity index (χ3v) is 2.77. The van der Waals surface area contributed by atoms with Crippen LogP contribution in [0, 0.1) is 0 Å². The quantitative estimate of drug-likeness (QED) is 0.666. The highest BCUT2D eigenvalue weighted by atomic mass is 16.5. The lowest BCUT2D eigenvalue weighted by atomic mass is 10.1. The van der Waals surface area contributed by atoms with Gasteiger partial charge in [0.15, 0.2) is 5.78 Å². The Labute approximate surface area is 118 Å². The van der Waals surface area contributed by atoms with Crippen LogP contribution in [0.15, 0.2) is 42.5 Å². The normalized spacial score (nSPS) is 10.1. The molecule has 0 heterocycles. The van der Waals surface area contributed by atoms with Crippen molar-refractivity contribution in [2.75, 3.05) is 12.3 Å². The number of nitrogen functional groups attached to an aromatic ring is 1. The van der Waals surface area contributed by atoms with E-state index in [2.05, 4.69) is 0 Å². The van der Waals surface area contributed by atoms with Gasteiger partial charge in [0.05, 0.1) is 6.61 Å². The van der Waals surface area contributed by atoms with Crippen molar-refractivity contribution in [3.8, 4) is 17.2 Å². The van der Waals surface area contributed by atoms with Gasteiger partial charge in [-0.05, 0) is 56.3 Å². The first-order valence-corrected chi connectivity index (χ1v) is 6.41. The van der Waals surface area contributed by atoms with Crippen LogP contribution in [-0.2, 0) is 0 Å². The molecule has 0 aliphatic carbocycles. The third kappa shape index (κ3) is 3.29. The van der Waals surface area contributed by atoms with Crippen LogP contribution in [0.25, 0.3) is 0 Å². The summed E-state index contributed by atoms with van der Waals surface area (Å²) in [4.78, 5) is 11.4. The summed E-state index contributed by atoms with van der Waals surface area (Å²) >= 11 is 0. The van der Waals surface area contributed by atoms with Crippen molar-refractivity contribution in [3.05, 3.63) is 48.0 Å². The number of carbonyl (C=O) groups is 1. The number of carbonyl (C=O) groups excluding carboxylic acids is 1. The molecule has 0 unspecified atom stereocenters. The lowest BCUT2D eigenvalue weighted by Crippen LogP contribution is -1.99. The molecular formula is C16H17NO3. The lowest BCUT2D eigenvalue weighted by molar-refractivity contribution is 0.101. The zero-order chi connectivity index (χ0) is 14.5. The van der Waals surface area contributed by atoms with Crippen LogP contribution in [0.3, 0.4) is 0 Å². The van der Waals surface area contributed by atoms with Crippen LogP contribution in [0.4, 0.5) is 5.69 Å². The number of benzene rings is 2. The Morgan fingerprint density at radius 3 is 2.25 bits per heavy atom. The average Bonchev–Trinajstić information content (AvgIpc) is 2.43. The minimum atomic E-state index is -0.0837. The zero-order valence-electron chi connectivity index (χ0n) is 11.6. The number of ether oxygens (including phenoxy) is 2. The summed E-state index contributed by atoms with van der Waals surface area (Å²) in [7, 11) is 0. The van der Waals surface area contributed by atoms with E-state index in [0.29, 0.717) is 29.4 Å². The number of Topliss-reactive ketones (excluding diaryl/α,β-unsaturated/α-hetero) is 1. The van der Waals surface area contributed by atoms with Gasteiger partial charge in [0.25, 0.3) is 0 Å². The van der Waals surface area contributed by atoms with Crippen molar-refractivity contribution in [2.45, 2.75) is 13.8 Å². The predicted octanol–water partition coefficient (Wildman–Crippen LogP) is 3.66. The molecule has 4 heteroatoms. The molecule has 0 aliphatic heterocycles. The molecule has 0 aromatic heterocycles. The molecule has 0 saturated heterocycles. The largest absolute Gasteiger partial charge is 0.494 e. The van der Waals surface area contributed by atoms with Crippen LogP contribution in [0.5, 0.6) is 17.2 Å². The summed E-state index contributed by atoms with van der Waals surface area (Å²) in [5.41, 5.74) is 6.67. The molecular weight excluding hydrogens is 254 g/mol. The maximum absolute atomic E-state index is 11.4. The highest BCUT2D eigenvalue weighted by Gasteiger charge is 2.07. The Kier molecular flexibility index (Phi) is 4.25. The van der Waals surface area contributed by atoms with E-state index < -0.39 is 0 Å². The van der Waals surface area contributed by atoms with Gasteiger partial charge in [-0.3, -0.25) is 4.79 Å². The Morgan fingerprint density at radius 1 is 1.05 bits per heavy atom. The predicted molar refractivity (Wildman–Crippen MR) is 78.5 cm³/mol. The van der Waals surface area contributed by atoms with Gasteiger partial charge >= 0.3 is 0 Å². The van der Waals surface area contributed by atoms with Crippen molar-refractivity contribution in [3.63, 3.8) is 0 Å². The van der Waals surface area contributed by atoms with Gasteiger partial charge in [-0.25, -0.2) is 0 Å². The SMILES string of the molecule is CCOc1ccc(Oc2ccc(N)c(C(C)=O)c2)cc1. The first-order chi connectivity index (χ1) is 9.60. The number of nitrogens with two attached hydrogens (primary N) is 1. The van der Waals surface area contributed by atoms with Crippen LogP contribution < -0.4 is 15.2 Å². The Bertz CT molecular complexity index is 606. The first kappa shape index (κ1) is 13.9. The second-order valence-electron chi connectivity index (χ2n) is 4.31. The van der Waals surface area contributed by atoms with E-state index >= 15 is 0 Å². The minimum Gasteiger partial charge on any atom is -0.494 e. The monoisotopic (exact) mass is 271 g/mol. The van der Waals surface area contributed by atoms with Crippen molar-refractivity contribution in [1.29, 1.82) is 0 Å². The molecule has 104 valence electrons. The van der Waals surface area contributed by atoms with Crippen LogP contribution in [-0.4, -0.2) is 12.4 Å². The molecule has 0 bridgehead atoms. The van der Waals surface area contributed by atoms with Crippen LogP contribution in [0.1, 0.15) is 24.2 Å². The Balaban J connectivity index is 2.17. The summed E-state index contributed by atoms with van der Waals surface area (Å²) in [6, 6.07) is 12.3. The molecule has 2 rings (SSSR count). The smallest absolute Gasteiger partial charge is 0.162 e. The lowest BCUT2D eigenvalue weighted by Gasteiger charge is -2.09. The van der Waals surface area contributed by atoms with Gasteiger partial charge in [0.2, 0.25) is 0 Å². The van der Waals surface area contributed by atoms with E-state index in [1.807, 2.05) is 31.2 Å². The highest BCUT2D eigenvalue weighted by Crippen LogP contribution is 2.26. The fourth-order valence-corrected chi connectivity index (χ4v) is 1.81. The first-order valence-electron chi connectivity index (χ1n) is 6.41. The van der Waals surface area contributed by atoms with E-state index in [1.165, 1.54) is 6.92 Å². The van der Waals surface area contributed by atoms with Gasteiger partial charge in [0, 0.05) is 11.3 Å². The molecule has 0 saturated carbocycles. The van der Waals surface area contributed by atoms with Crippen molar-refractivity contribution < 1.29 is 14.3 Å². The Hall–Kier alpha value is -2.49. The van der Waals surface area contributed by atoms with Gasteiger partial charge in [-0.2, -0.15) is 0 Å². The third-order valence-electron chi connectivity index (χ3n) is 2.77. The number of ketones is 1. The zero-order valence-corrected chi connectivity index (χ0v) is 11.6. The van der Waals surface area contributed by atoms with Crippen molar-refractivity contribution in [1.82, 2.24) is 0 Å². The van der Waals surface area contributed by atoms with Crippen molar-refractivity contribution in [2.24, 2.45) is 0 Å². The molecule has 0 spiro atoms. The van der Waals surface area contributed by atoms with Gasteiger partial charge in [-0.1, -0.05) is 0 Å². The molecule has 0 fully saturated rings. The van der Waals surface area contributed by atoms with Crippen LogP contribution in [0.2, 0.25) is 0 Å². The topological polar surface area (TPSA) is 61.6 Å². The maximum Gasteiger partial charge on any atom is 0.162 e. The summed E-state index contributed by atoms with van der Waals surface area (Å²) in [6.07, 6.45) is 0. The maximum atomic E-state index is 11.4. The van der Waals surface area contributed by atoms with E-state index in [4.69, 9.17) is 15.2 Å². The van der Waals surface area contributed by atoms with Gasteiger partial charge in [0.1, 0.15) is 17.2 Å². The molecule has 4 nitrogen and oxygen atoms in total. The molecule has 20 heavy (non-hydrogen) atoms. The number of anilines is 1. The second-order valence-corrected chi connectivity index (χ2v) is 4.31. The highest BCUT2D eigenvalue weighted by molar-refractivity contribution is 5.99. The average molecular weight is 271 g/mol. The summed E-state index contributed by atoms with van der Waals surface area (Å²) in [6.45, 7) is 4.04.